The van der Waals surface area contributed by atoms with Crippen molar-refractivity contribution in [2.75, 3.05) is 0 Å². The molecule has 0 aliphatic rings. The van der Waals surface area contributed by atoms with Crippen LogP contribution in [0.5, 0.6) is 0 Å². The summed E-state index contributed by atoms with van der Waals surface area (Å²) in [6.07, 6.45) is 5.31. The third-order valence-electron chi connectivity index (χ3n) is 6.75. The van der Waals surface area contributed by atoms with Gasteiger partial charge in [0.2, 0.25) is 0 Å². The van der Waals surface area contributed by atoms with Crippen LogP contribution in [0.25, 0.3) is 22.5 Å². The maximum Gasteiger partial charge on any atom is 0.0798 e. The molecular formula is C35H46IrN2Si2-2. The molecule has 1 radical (unpaired) electrons. The van der Waals surface area contributed by atoms with Gasteiger partial charge in [0, 0.05) is 32.5 Å². The number of hydrogen-bond acceptors (Lipinski definition) is 2. The van der Waals surface area contributed by atoms with Crippen molar-refractivity contribution in [1.82, 2.24) is 9.97 Å². The molecule has 5 heteroatoms. The zero-order valence-electron chi connectivity index (χ0n) is 26.3. The number of rotatable bonds is 6. The van der Waals surface area contributed by atoms with Gasteiger partial charge >= 0.3 is 0 Å². The molecule has 0 fully saturated rings. The summed E-state index contributed by atoms with van der Waals surface area (Å²) in [6, 6.07) is 23.5. The molecule has 0 unspecified atom stereocenters. The van der Waals surface area contributed by atoms with Crippen molar-refractivity contribution in [2.45, 2.75) is 80.3 Å². The molecule has 0 saturated heterocycles. The summed E-state index contributed by atoms with van der Waals surface area (Å²) in [5.74, 6) is 0.661. The third kappa shape index (κ3) is 9.44. The smallest absolute Gasteiger partial charge is 0.0798 e. The van der Waals surface area contributed by atoms with Crippen LogP contribution in [0.2, 0.25) is 39.3 Å². The predicted molar refractivity (Wildman–Crippen MR) is 176 cm³/mol. The average molecular weight is 743 g/mol. The Morgan fingerprint density at radius 3 is 1.85 bits per heavy atom. The van der Waals surface area contributed by atoms with E-state index in [1.54, 1.807) is 0 Å². The Labute approximate surface area is 259 Å². The fourth-order valence-electron chi connectivity index (χ4n) is 5.00. The van der Waals surface area contributed by atoms with Crippen LogP contribution >= 0.6 is 0 Å². The van der Waals surface area contributed by atoms with Gasteiger partial charge in [-0.15, -0.1) is 70.8 Å². The van der Waals surface area contributed by atoms with Gasteiger partial charge in [-0.05, 0) is 41.0 Å². The molecule has 2 aromatic heterocycles. The monoisotopic (exact) mass is 743 g/mol. The summed E-state index contributed by atoms with van der Waals surface area (Å²) in [6.45, 7) is 25.2. The molecule has 40 heavy (non-hydrogen) atoms. The molecule has 0 spiro atoms. The SMILES string of the molecule is Cc1[c-]c(-c2cc(CC(C)C)c([Si](C)(C)C)cn2)cc(C)c1.Cc1cc(-c2[c-]cccc2)ncc1[Si](C)(C)C.[Ir]. The summed E-state index contributed by atoms with van der Waals surface area (Å²) >= 11 is 0. The summed E-state index contributed by atoms with van der Waals surface area (Å²) in [7, 11) is -2.64. The Kier molecular flexibility index (Phi) is 12.0. The predicted octanol–water partition coefficient (Wildman–Crippen LogP) is 8.31. The molecule has 2 aromatic carbocycles. The fourth-order valence-corrected chi connectivity index (χ4v) is 8.30. The largest absolute Gasteiger partial charge is 0.305 e. The minimum Gasteiger partial charge on any atom is -0.305 e. The van der Waals surface area contributed by atoms with Gasteiger partial charge in [0.05, 0.1) is 16.1 Å². The molecule has 0 bridgehead atoms. The molecule has 0 saturated carbocycles. The van der Waals surface area contributed by atoms with Crippen molar-refractivity contribution in [3.05, 3.63) is 95.3 Å². The van der Waals surface area contributed by atoms with Crippen LogP contribution in [0.15, 0.2) is 60.9 Å². The van der Waals surface area contributed by atoms with Crippen LogP contribution < -0.4 is 10.4 Å². The number of hydrogen-bond donors (Lipinski definition) is 0. The summed E-state index contributed by atoms with van der Waals surface area (Å²) in [5, 5.41) is 2.94. The first-order valence-corrected chi connectivity index (χ1v) is 21.1. The zero-order chi connectivity index (χ0) is 29.0. The quantitative estimate of drug-likeness (QED) is 0.147. The topological polar surface area (TPSA) is 25.8 Å². The van der Waals surface area contributed by atoms with Crippen molar-refractivity contribution < 1.29 is 20.1 Å². The number of aryl methyl sites for hydroxylation is 3. The van der Waals surface area contributed by atoms with E-state index in [0.29, 0.717) is 5.92 Å². The van der Waals surface area contributed by atoms with E-state index in [-0.39, 0.29) is 20.1 Å². The second kappa shape index (κ2) is 14.1. The molecule has 2 heterocycles. The fraction of sp³-hybridized carbons (Fsp3) is 0.371. The molecule has 0 aliphatic carbocycles. The first-order chi connectivity index (χ1) is 18.1. The third-order valence-corrected chi connectivity index (χ3v) is 11.0. The molecular weight excluding hydrogens is 697 g/mol. The minimum atomic E-state index is -1.36. The van der Waals surface area contributed by atoms with Crippen LogP contribution in [0.4, 0.5) is 0 Å². The second-order valence-corrected chi connectivity index (χ2v) is 23.3. The Hall–Kier alpha value is -2.18. The Bertz CT molecular complexity index is 1380. The number of benzene rings is 2. The van der Waals surface area contributed by atoms with Crippen molar-refractivity contribution in [3.63, 3.8) is 0 Å². The molecule has 0 N–H and O–H groups in total. The van der Waals surface area contributed by atoms with Crippen LogP contribution in [-0.2, 0) is 26.5 Å². The van der Waals surface area contributed by atoms with Gasteiger partial charge in [0.1, 0.15) is 0 Å². The first kappa shape index (κ1) is 34.0. The van der Waals surface area contributed by atoms with Gasteiger partial charge in [-0.3, -0.25) is 0 Å². The van der Waals surface area contributed by atoms with Gasteiger partial charge in [0.25, 0.3) is 0 Å². The van der Waals surface area contributed by atoms with Gasteiger partial charge in [-0.25, -0.2) is 0 Å². The second-order valence-electron chi connectivity index (χ2n) is 13.2. The van der Waals surface area contributed by atoms with E-state index in [4.69, 9.17) is 4.98 Å². The molecule has 0 atom stereocenters. The van der Waals surface area contributed by atoms with E-state index in [2.05, 4.69) is 134 Å². The minimum absolute atomic E-state index is 0. The van der Waals surface area contributed by atoms with Crippen LogP contribution in [-0.4, -0.2) is 26.1 Å². The van der Waals surface area contributed by atoms with E-state index in [1.807, 2.05) is 18.2 Å². The van der Waals surface area contributed by atoms with Crippen molar-refractivity contribution in [3.8, 4) is 22.5 Å². The van der Waals surface area contributed by atoms with Gasteiger partial charge in [-0.1, -0.05) is 90.2 Å². The van der Waals surface area contributed by atoms with Crippen molar-refractivity contribution in [1.29, 1.82) is 0 Å². The Morgan fingerprint density at radius 2 is 1.35 bits per heavy atom. The molecule has 4 aromatic rings. The number of pyridine rings is 2. The molecule has 4 rings (SSSR count). The van der Waals surface area contributed by atoms with Crippen LogP contribution in [0.1, 0.15) is 36.1 Å². The first-order valence-electron chi connectivity index (χ1n) is 14.1. The van der Waals surface area contributed by atoms with Crippen molar-refractivity contribution >= 4 is 26.5 Å². The summed E-state index contributed by atoms with van der Waals surface area (Å²) < 4.78 is 0. The molecule has 215 valence electrons. The number of aromatic nitrogens is 2. The van der Waals surface area contributed by atoms with Gasteiger partial charge < -0.3 is 9.97 Å². The van der Waals surface area contributed by atoms with Crippen molar-refractivity contribution in [2.24, 2.45) is 5.92 Å². The average Bonchev–Trinajstić information content (AvgIpc) is 2.82. The molecule has 0 amide bonds. The Balaban J connectivity index is 0.000000282. The van der Waals surface area contributed by atoms with E-state index in [0.717, 1.165) is 28.9 Å². The van der Waals surface area contributed by atoms with Gasteiger partial charge in [-0.2, -0.15) is 0 Å². The normalized spacial score (nSPS) is 11.5. The van der Waals surface area contributed by atoms with E-state index < -0.39 is 16.1 Å². The molecule has 0 aliphatic heterocycles. The van der Waals surface area contributed by atoms with Crippen LogP contribution in [0, 0.1) is 38.8 Å². The maximum atomic E-state index is 4.77. The maximum absolute atomic E-state index is 4.77. The standard InChI is InChI=1S/C20H28NSi.C15H18NSi.Ir/c1-14(2)8-18-12-19(21-13-20(18)22(5,6)7)17-10-15(3)9-16(4)11-17;1-12-10-14(13-8-6-5-7-9-13)16-11-15(12)17(2,3)4;/h9-10,12-14H,8H2,1-7H3;5-8,10-11H,1-4H3;/q2*-1;. The summed E-state index contributed by atoms with van der Waals surface area (Å²) in [4.78, 5) is 9.35. The number of nitrogens with zero attached hydrogens (tertiary/aromatic N) is 2. The summed E-state index contributed by atoms with van der Waals surface area (Å²) in [5.41, 5.74) is 9.54. The van der Waals surface area contributed by atoms with Crippen LogP contribution in [0.3, 0.4) is 0 Å². The van der Waals surface area contributed by atoms with E-state index in [9.17, 15) is 0 Å². The van der Waals surface area contributed by atoms with E-state index >= 15 is 0 Å². The molecule has 2 nitrogen and oxygen atoms in total. The Morgan fingerprint density at radius 1 is 0.750 bits per heavy atom. The van der Waals surface area contributed by atoms with Gasteiger partial charge in [0.15, 0.2) is 0 Å². The zero-order valence-corrected chi connectivity index (χ0v) is 30.7. The van der Waals surface area contributed by atoms with E-state index in [1.165, 1.54) is 32.6 Å².